The van der Waals surface area contributed by atoms with E-state index in [0.717, 1.165) is 0 Å². The molecule has 1 aliphatic rings. The van der Waals surface area contributed by atoms with Crippen molar-refractivity contribution >= 4 is 5.91 Å². The second-order valence-electron chi connectivity index (χ2n) is 3.43. The van der Waals surface area contributed by atoms with Crippen molar-refractivity contribution in [2.75, 3.05) is 0 Å². The van der Waals surface area contributed by atoms with Crippen LogP contribution >= 0.6 is 0 Å². The molecule has 1 aromatic rings. The molecule has 13 heavy (non-hydrogen) atoms. The summed E-state index contributed by atoms with van der Waals surface area (Å²) in [5, 5.41) is 9.01. The lowest BCUT2D eigenvalue weighted by Crippen LogP contribution is -2.34. The van der Waals surface area contributed by atoms with E-state index in [4.69, 9.17) is 0 Å². The first-order valence-corrected chi connectivity index (χ1v) is 4.43. The van der Waals surface area contributed by atoms with Gasteiger partial charge in [0.05, 0.1) is 0 Å². The number of hydrogen-bond donors (Lipinski definition) is 2. The van der Waals surface area contributed by atoms with Crippen molar-refractivity contribution in [2.45, 2.75) is 25.8 Å². The molecule has 1 aliphatic carbocycles. The summed E-state index contributed by atoms with van der Waals surface area (Å²) in [4.78, 5) is 15.2. The lowest BCUT2D eigenvalue weighted by Gasteiger charge is -2.10. The summed E-state index contributed by atoms with van der Waals surface area (Å²) in [6.45, 7) is 2.02. The number of carbonyl (C=O) groups excluding carboxylic acids is 1. The van der Waals surface area contributed by atoms with Crippen LogP contribution in [0.2, 0.25) is 0 Å². The number of aromatic amines is 1. The maximum Gasteiger partial charge on any atom is 0.288 e. The molecule has 1 atom stereocenters. The summed E-state index contributed by atoms with van der Waals surface area (Å²) >= 11 is 0. The molecule has 2 rings (SSSR count). The highest BCUT2D eigenvalue weighted by Gasteiger charge is 2.29. The molecule has 1 heterocycles. The third-order valence-corrected chi connectivity index (χ3v) is 2.32. The summed E-state index contributed by atoms with van der Waals surface area (Å²) < 4.78 is 0. The average Bonchev–Trinajstić information content (AvgIpc) is 2.81. The minimum absolute atomic E-state index is 0.170. The van der Waals surface area contributed by atoms with E-state index in [1.807, 2.05) is 6.92 Å². The summed E-state index contributed by atoms with van der Waals surface area (Å²) in [7, 11) is 0. The van der Waals surface area contributed by atoms with E-state index in [0.29, 0.717) is 5.92 Å². The van der Waals surface area contributed by atoms with Gasteiger partial charge in [0.2, 0.25) is 5.82 Å². The summed E-state index contributed by atoms with van der Waals surface area (Å²) in [6, 6.07) is 0.248. The average molecular weight is 180 g/mol. The Hall–Kier alpha value is -1.39. The zero-order valence-electron chi connectivity index (χ0n) is 7.45. The van der Waals surface area contributed by atoms with E-state index in [2.05, 4.69) is 20.5 Å². The number of H-pyrrole nitrogens is 1. The monoisotopic (exact) mass is 180 g/mol. The SMILES string of the molecule is CC(NC(=O)c1ncn[nH]1)C1CC1. The van der Waals surface area contributed by atoms with Gasteiger partial charge in [-0.3, -0.25) is 9.89 Å². The fourth-order valence-corrected chi connectivity index (χ4v) is 1.30. The maximum absolute atomic E-state index is 11.4. The first kappa shape index (κ1) is 8.22. The Morgan fingerprint density at radius 2 is 2.54 bits per heavy atom. The summed E-state index contributed by atoms with van der Waals surface area (Å²) in [6.07, 6.45) is 3.77. The molecule has 1 unspecified atom stereocenters. The molecule has 1 aromatic heterocycles. The Balaban J connectivity index is 1.91. The first-order valence-electron chi connectivity index (χ1n) is 4.43. The van der Waals surface area contributed by atoms with Gasteiger partial charge >= 0.3 is 0 Å². The maximum atomic E-state index is 11.4. The Morgan fingerprint density at radius 1 is 1.77 bits per heavy atom. The third-order valence-electron chi connectivity index (χ3n) is 2.32. The van der Waals surface area contributed by atoms with E-state index < -0.39 is 0 Å². The lowest BCUT2D eigenvalue weighted by atomic mass is 10.2. The van der Waals surface area contributed by atoms with E-state index >= 15 is 0 Å². The molecule has 0 radical (unpaired) electrons. The topological polar surface area (TPSA) is 70.7 Å². The third kappa shape index (κ3) is 1.85. The van der Waals surface area contributed by atoms with Crippen LogP contribution in [0.15, 0.2) is 6.33 Å². The van der Waals surface area contributed by atoms with Gasteiger partial charge < -0.3 is 5.32 Å². The largest absolute Gasteiger partial charge is 0.347 e. The van der Waals surface area contributed by atoms with Crippen LogP contribution in [0.1, 0.15) is 30.4 Å². The van der Waals surface area contributed by atoms with Crippen molar-refractivity contribution in [3.8, 4) is 0 Å². The van der Waals surface area contributed by atoms with Gasteiger partial charge in [-0.05, 0) is 25.7 Å². The normalized spacial score (nSPS) is 18.2. The van der Waals surface area contributed by atoms with Crippen LogP contribution in [0.5, 0.6) is 0 Å². The second kappa shape index (κ2) is 3.16. The van der Waals surface area contributed by atoms with E-state index in [9.17, 15) is 4.79 Å². The number of nitrogens with zero attached hydrogens (tertiary/aromatic N) is 2. The van der Waals surface area contributed by atoms with Gasteiger partial charge in [-0.15, -0.1) is 0 Å². The van der Waals surface area contributed by atoms with Gasteiger partial charge in [0.25, 0.3) is 5.91 Å². The number of carbonyl (C=O) groups is 1. The molecule has 0 spiro atoms. The molecule has 1 amide bonds. The fraction of sp³-hybridized carbons (Fsp3) is 0.625. The highest BCUT2D eigenvalue weighted by molar-refractivity contribution is 5.90. The van der Waals surface area contributed by atoms with Crippen LogP contribution in [0, 0.1) is 5.92 Å². The zero-order valence-corrected chi connectivity index (χ0v) is 7.45. The molecular formula is C8H12N4O. The fourth-order valence-electron chi connectivity index (χ4n) is 1.30. The molecule has 0 saturated heterocycles. The van der Waals surface area contributed by atoms with Crippen LogP contribution in [0.25, 0.3) is 0 Å². The smallest absolute Gasteiger partial charge is 0.288 e. The molecule has 5 heteroatoms. The van der Waals surface area contributed by atoms with Gasteiger partial charge in [0, 0.05) is 6.04 Å². The zero-order chi connectivity index (χ0) is 9.26. The van der Waals surface area contributed by atoms with Gasteiger partial charge in [0.15, 0.2) is 0 Å². The van der Waals surface area contributed by atoms with Gasteiger partial charge in [-0.1, -0.05) is 0 Å². The minimum Gasteiger partial charge on any atom is -0.347 e. The van der Waals surface area contributed by atoms with Crippen LogP contribution < -0.4 is 5.32 Å². The molecular weight excluding hydrogens is 168 g/mol. The molecule has 0 aliphatic heterocycles. The quantitative estimate of drug-likeness (QED) is 0.704. The Labute approximate surface area is 75.9 Å². The highest BCUT2D eigenvalue weighted by Crippen LogP contribution is 2.32. The van der Waals surface area contributed by atoms with E-state index in [-0.39, 0.29) is 17.8 Å². The highest BCUT2D eigenvalue weighted by atomic mass is 16.2. The van der Waals surface area contributed by atoms with E-state index in [1.54, 1.807) is 0 Å². The summed E-state index contributed by atoms with van der Waals surface area (Å²) in [5.41, 5.74) is 0. The lowest BCUT2D eigenvalue weighted by molar-refractivity contribution is 0.0925. The molecule has 0 aromatic carbocycles. The van der Waals surface area contributed by atoms with Crippen molar-refractivity contribution in [3.63, 3.8) is 0 Å². The number of amides is 1. The molecule has 70 valence electrons. The Kier molecular flexibility index (Phi) is 2.00. The predicted octanol–water partition coefficient (Wildman–Crippen LogP) is 0.333. The number of rotatable bonds is 3. The Morgan fingerprint density at radius 3 is 3.08 bits per heavy atom. The van der Waals surface area contributed by atoms with Crippen LogP contribution in [0.3, 0.4) is 0 Å². The minimum atomic E-state index is -0.170. The molecule has 2 N–H and O–H groups in total. The predicted molar refractivity (Wildman–Crippen MR) is 46.0 cm³/mol. The van der Waals surface area contributed by atoms with Crippen molar-refractivity contribution in [1.29, 1.82) is 0 Å². The van der Waals surface area contributed by atoms with Crippen molar-refractivity contribution < 1.29 is 4.79 Å². The molecule has 5 nitrogen and oxygen atoms in total. The first-order chi connectivity index (χ1) is 6.27. The van der Waals surface area contributed by atoms with Gasteiger partial charge in [-0.2, -0.15) is 5.10 Å². The van der Waals surface area contributed by atoms with Crippen molar-refractivity contribution in [2.24, 2.45) is 5.92 Å². The number of nitrogens with one attached hydrogen (secondary N) is 2. The summed E-state index contributed by atoms with van der Waals surface area (Å²) in [5.74, 6) is 0.774. The van der Waals surface area contributed by atoms with Gasteiger partial charge in [0.1, 0.15) is 6.33 Å². The van der Waals surface area contributed by atoms with E-state index in [1.165, 1.54) is 19.2 Å². The van der Waals surface area contributed by atoms with Crippen molar-refractivity contribution in [3.05, 3.63) is 12.2 Å². The van der Waals surface area contributed by atoms with Crippen LogP contribution in [-0.2, 0) is 0 Å². The second-order valence-corrected chi connectivity index (χ2v) is 3.43. The van der Waals surface area contributed by atoms with Gasteiger partial charge in [-0.25, -0.2) is 4.98 Å². The van der Waals surface area contributed by atoms with Crippen LogP contribution in [-0.4, -0.2) is 27.1 Å². The van der Waals surface area contributed by atoms with Crippen molar-refractivity contribution in [1.82, 2.24) is 20.5 Å². The standard InChI is InChI=1S/C8H12N4O/c1-5(6-2-3-6)11-8(13)7-9-4-10-12-7/h4-6H,2-3H2,1H3,(H,11,13)(H,9,10,12). The molecule has 1 fully saturated rings. The molecule has 1 saturated carbocycles. The molecule has 0 bridgehead atoms. The van der Waals surface area contributed by atoms with Crippen LogP contribution in [0.4, 0.5) is 0 Å². The Bertz CT molecular complexity index is 291. The number of hydrogen-bond acceptors (Lipinski definition) is 3. The number of aromatic nitrogens is 3.